The first-order valence-electron chi connectivity index (χ1n) is 2.25. The fraction of sp³-hybridized carbons (Fsp3) is 0.429. The first-order valence-corrected chi connectivity index (χ1v) is 2.25. The predicted octanol–water partition coefficient (Wildman–Crippen LogP) is 2.22. The van der Waals surface area contributed by atoms with Gasteiger partial charge in [0, 0.05) is 0 Å². The van der Waals surface area contributed by atoms with Crippen LogP contribution < -0.4 is 0 Å². The van der Waals surface area contributed by atoms with Crippen LogP contribution in [0.4, 0.5) is 0 Å². The lowest BCUT2D eigenvalue weighted by atomic mass is 10.3. The number of allylic oxidation sites excluding steroid dienone is 1. The molecule has 0 unspecified atom stereocenters. The molecule has 0 atom stereocenters. The van der Waals surface area contributed by atoms with E-state index in [0.717, 1.165) is 6.42 Å². The van der Waals surface area contributed by atoms with Gasteiger partial charge in [-0.25, -0.2) is 0 Å². The van der Waals surface area contributed by atoms with Crippen molar-refractivity contribution in [1.29, 1.82) is 0 Å². The Morgan fingerprint density at radius 2 is 1.71 bits per heavy atom. The van der Waals surface area contributed by atoms with Crippen LogP contribution in [0.3, 0.4) is 0 Å². The molecule has 0 radical (unpaired) electrons. The molecule has 0 fully saturated rings. The second-order valence-corrected chi connectivity index (χ2v) is 1.31. The van der Waals surface area contributed by atoms with Crippen molar-refractivity contribution in [3.63, 3.8) is 0 Å². The van der Waals surface area contributed by atoms with E-state index < -0.39 is 0 Å². The van der Waals surface area contributed by atoms with Crippen LogP contribution >= 0.6 is 0 Å². The van der Waals surface area contributed by atoms with Gasteiger partial charge in [-0.1, -0.05) is 12.5 Å². The number of hydrogen-bond acceptors (Lipinski definition) is 0. The number of terminal acetylenes is 1. The minimum atomic E-state index is 1.11. The van der Waals surface area contributed by atoms with E-state index in [0.29, 0.717) is 0 Å². The van der Waals surface area contributed by atoms with Gasteiger partial charge in [0.15, 0.2) is 0 Å². The molecule has 0 spiro atoms. The third-order valence-corrected chi connectivity index (χ3v) is 0.604. The summed E-state index contributed by atoms with van der Waals surface area (Å²) >= 11 is 0. The second-order valence-electron chi connectivity index (χ2n) is 1.31. The Morgan fingerprint density at radius 1 is 1.57 bits per heavy atom. The fourth-order valence-electron chi connectivity index (χ4n) is 0. The zero-order valence-electron chi connectivity index (χ0n) is 5.07. The molecule has 7 heavy (non-hydrogen) atoms. The lowest BCUT2D eigenvalue weighted by Crippen LogP contribution is -1.58. The van der Waals surface area contributed by atoms with Gasteiger partial charge in [0.2, 0.25) is 0 Å². The van der Waals surface area contributed by atoms with Gasteiger partial charge in [-0.05, 0) is 13.3 Å². The molecule has 0 rings (SSSR count). The van der Waals surface area contributed by atoms with Crippen LogP contribution in [0.1, 0.15) is 20.3 Å². The largest absolute Gasteiger partial charge is 0.124 e. The zero-order valence-corrected chi connectivity index (χ0v) is 5.07. The van der Waals surface area contributed by atoms with Crippen molar-refractivity contribution in [2.45, 2.75) is 20.3 Å². The topological polar surface area (TPSA) is 0 Å². The summed E-state index contributed by atoms with van der Waals surface area (Å²) in [5, 5.41) is 0. The molecule has 0 heteroatoms. The third-order valence-electron chi connectivity index (χ3n) is 0.604. The summed E-state index contributed by atoms with van der Waals surface area (Å²) in [4.78, 5) is 0. The molecule has 0 bridgehead atoms. The average molecular weight is 96.2 g/mol. The maximum absolute atomic E-state index is 4.00. The lowest BCUT2D eigenvalue weighted by Gasteiger charge is -1.79. The summed E-state index contributed by atoms with van der Waals surface area (Å²) < 4.78 is 0. The molecular formula is C7H12. The van der Waals surface area contributed by atoms with Crippen molar-refractivity contribution in [3.8, 4) is 12.8 Å². The smallest absolute Gasteiger partial charge is 0.0354 e. The molecule has 0 saturated heterocycles. The van der Waals surface area contributed by atoms with Gasteiger partial charge >= 0.3 is 0 Å². The Morgan fingerprint density at radius 3 is 1.71 bits per heavy atom. The third kappa shape index (κ3) is 34.2. The van der Waals surface area contributed by atoms with E-state index in [4.69, 9.17) is 0 Å². The highest BCUT2D eigenvalue weighted by Crippen LogP contribution is 1.88. The Hall–Kier alpha value is -0.700. The van der Waals surface area contributed by atoms with E-state index in [1.165, 1.54) is 5.57 Å². The molecular weight excluding hydrogens is 84.1 g/mol. The highest BCUT2D eigenvalue weighted by molar-refractivity contribution is 4.84. The van der Waals surface area contributed by atoms with Gasteiger partial charge in [-0.3, -0.25) is 0 Å². The van der Waals surface area contributed by atoms with E-state index in [9.17, 15) is 0 Å². The number of rotatable bonds is 1. The molecule has 0 aliphatic rings. The van der Waals surface area contributed by atoms with Crippen molar-refractivity contribution in [2.24, 2.45) is 0 Å². The van der Waals surface area contributed by atoms with Gasteiger partial charge in [-0.15, -0.1) is 19.4 Å². The van der Waals surface area contributed by atoms with Crippen LogP contribution in [-0.2, 0) is 0 Å². The van der Waals surface area contributed by atoms with Crippen molar-refractivity contribution >= 4 is 0 Å². The van der Waals surface area contributed by atoms with Crippen LogP contribution in [0.25, 0.3) is 0 Å². The van der Waals surface area contributed by atoms with Crippen LogP contribution in [0.2, 0.25) is 0 Å². The summed E-state index contributed by atoms with van der Waals surface area (Å²) in [6, 6.07) is 0. The zero-order chi connectivity index (χ0) is 6.28. The van der Waals surface area contributed by atoms with Gasteiger partial charge < -0.3 is 0 Å². The Balaban J connectivity index is 0. The Bertz CT molecular complexity index is 57.7. The van der Waals surface area contributed by atoms with Gasteiger partial charge in [-0.2, -0.15) is 0 Å². The highest BCUT2D eigenvalue weighted by atomic mass is 13.7. The average Bonchev–Trinajstić information content (AvgIpc) is 1.73. The molecule has 0 aliphatic heterocycles. The molecule has 0 heterocycles. The summed E-state index contributed by atoms with van der Waals surface area (Å²) in [5.41, 5.74) is 1.25. The fourth-order valence-corrected chi connectivity index (χ4v) is 0. The van der Waals surface area contributed by atoms with Crippen LogP contribution in [-0.4, -0.2) is 0 Å². The van der Waals surface area contributed by atoms with Crippen molar-refractivity contribution in [2.75, 3.05) is 0 Å². The quantitative estimate of drug-likeness (QED) is 0.347. The van der Waals surface area contributed by atoms with Crippen molar-refractivity contribution in [3.05, 3.63) is 12.2 Å². The van der Waals surface area contributed by atoms with Gasteiger partial charge in [0.05, 0.1) is 0 Å². The van der Waals surface area contributed by atoms with Crippen LogP contribution in [0, 0.1) is 12.8 Å². The molecule has 0 aromatic carbocycles. The lowest BCUT2D eigenvalue weighted by molar-refractivity contribution is 1.11. The number of hydrogen-bond donors (Lipinski definition) is 0. The highest BCUT2D eigenvalue weighted by Gasteiger charge is 1.67. The van der Waals surface area contributed by atoms with E-state index in [1.54, 1.807) is 0 Å². The van der Waals surface area contributed by atoms with E-state index in [1.807, 2.05) is 6.92 Å². The summed E-state index contributed by atoms with van der Waals surface area (Å²) in [7, 11) is 0. The first-order chi connectivity index (χ1) is 3.27. The Labute approximate surface area is 46.2 Å². The molecule has 0 N–H and O–H groups in total. The molecule has 0 nitrogen and oxygen atoms in total. The van der Waals surface area contributed by atoms with E-state index in [2.05, 4.69) is 26.3 Å². The molecule has 0 aliphatic carbocycles. The minimum absolute atomic E-state index is 1.11. The minimum Gasteiger partial charge on any atom is -0.124 e. The molecule has 0 saturated carbocycles. The normalized spacial score (nSPS) is 5.71. The van der Waals surface area contributed by atoms with E-state index in [-0.39, 0.29) is 0 Å². The standard InChI is InChI=1S/C5H10.C2H2/c1-4-5(2)3;1-2/h2,4H2,1,3H3;1-2H. The molecule has 0 amide bonds. The maximum atomic E-state index is 4.00. The van der Waals surface area contributed by atoms with Gasteiger partial charge in [0.25, 0.3) is 0 Å². The van der Waals surface area contributed by atoms with Gasteiger partial charge in [0.1, 0.15) is 0 Å². The SMILES string of the molecule is C#C.C=C(C)CC. The van der Waals surface area contributed by atoms with Crippen molar-refractivity contribution < 1.29 is 0 Å². The summed E-state index contributed by atoms with van der Waals surface area (Å²) in [6.07, 6.45) is 9.11. The molecule has 0 aromatic heterocycles. The summed E-state index contributed by atoms with van der Waals surface area (Å²) in [6.45, 7) is 7.80. The predicted molar refractivity (Wildman–Crippen MR) is 35.0 cm³/mol. The maximum Gasteiger partial charge on any atom is -0.0354 e. The first kappa shape index (κ1) is 9.57. The monoisotopic (exact) mass is 96.1 g/mol. The Kier molecular flexibility index (Phi) is 12.3. The molecule has 40 valence electrons. The summed E-state index contributed by atoms with van der Waals surface area (Å²) in [5.74, 6) is 0. The van der Waals surface area contributed by atoms with Crippen LogP contribution in [0.15, 0.2) is 12.2 Å². The molecule has 0 aromatic rings. The van der Waals surface area contributed by atoms with E-state index >= 15 is 0 Å². The van der Waals surface area contributed by atoms with Crippen molar-refractivity contribution in [1.82, 2.24) is 0 Å². The van der Waals surface area contributed by atoms with Crippen LogP contribution in [0.5, 0.6) is 0 Å². The second kappa shape index (κ2) is 9.00.